The molecular weight excluding hydrogens is 255 g/mol. The second-order valence-electron chi connectivity index (χ2n) is 4.21. The van der Waals surface area contributed by atoms with E-state index in [2.05, 4.69) is 5.32 Å². The molecule has 7 nitrogen and oxygen atoms in total. The first-order valence-corrected chi connectivity index (χ1v) is 5.49. The van der Waals surface area contributed by atoms with Gasteiger partial charge in [-0.2, -0.15) is 0 Å². The first-order valence-electron chi connectivity index (χ1n) is 5.49. The Balaban J connectivity index is 2.95. The SMILES string of the molecule is CN(C)CCNC(=O)c1cc(N)c(F)cc1[N+](=O)[O-]. The Kier molecular flexibility index (Phi) is 4.76. The van der Waals surface area contributed by atoms with Crippen molar-refractivity contribution in [1.29, 1.82) is 0 Å². The normalized spacial score (nSPS) is 10.5. The highest BCUT2D eigenvalue weighted by Gasteiger charge is 2.22. The lowest BCUT2D eigenvalue weighted by Gasteiger charge is -2.11. The van der Waals surface area contributed by atoms with Crippen molar-refractivity contribution in [3.05, 3.63) is 33.6 Å². The van der Waals surface area contributed by atoms with E-state index in [0.717, 1.165) is 6.07 Å². The molecule has 1 amide bonds. The molecule has 104 valence electrons. The minimum absolute atomic E-state index is 0.248. The molecule has 0 atom stereocenters. The summed E-state index contributed by atoms with van der Waals surface area (Å²) in [4.78, 5) is 23.6. The van der Waals surface area contributed by atoms with Gasteiger partial charge in [-0.3, -0.25) is 14.9 Å². The predicted octanol–water partition coefficient (Wildman–Crippen LogP) is 0.608. The van der Waals surface area contributed by atoms with E-state index in [4.69, 9.17) is 5.73 Å². The Labute approximate surface area is 109 Å². The molecule has 1 rings (SSSR count). The average molecular weight is 270 g/mol. The summed E-state index contributed by atoms with van der Waals surface area (Å²) >= 11 is 0. The van der Waals surface area contributed by atoms with Gasteiger partial charge in [0, 0.05) is 13.1 Å². The van der Waals surface area contributed by atoms with E-state index in [1.165, 1.54) is 0 Å². The number of nitrogen functional groups attached to an aromatic ring is 1. The number of nitrogens with two attached hydrogens (primary N) is 1. The lowest BCUT2D eigenvalue weighted by atomic mass is 10.1. The summed E-state index contributed by atoms with van der Waals surface area (Å²) in [5.41, 5.74) is 4.17. The molecular formula is C11H15FN4O3. The zero-order chi connectivity index (χ0) is 14.6. The Bertz CT molecular complexity index is 505. The van der Waals surface area contributed by atoms with E-state index in [0.29, 0.717) is 19.2 Å². The van der Waals surface area contributed by atoms with Crippen LogP contribution in [0.1, 0.15) is 10.4 Å². The van der Waals surface area contributed by atoms with E-state index in [-0.39, 0.29) is 11.3 Å². The van der Waals surface area contributed by atoms with Crippen molar-refractivity contribution in [2.45, 2.75) is 0 Å². The first-order chi connectivity index (χ1) is 8.82. The number of nitrogens with zero attached hydrogens (tertiary/aromatic N) is 2. The second kappa shape index (κ2) is 6.10. The van der Waals surface area contributed by atoms with Crippen LogP contribution < -0.4 is 11.1 Å². The molecule has 0 saturated carbocycles. The molecule has 1 aromatic rings. The number of likely N-dealkylation sites (N-methyl/N-ethyl adjacent to an activating group) is 1. The van der Waals surface area contributed by atoms with E-state index in [1.54, 1.807) is 0 Å². The third-order valence-corrected chi connectivity index (χ3v) is 2.40. The number of carbonyl (C=O) groups is 1. The van der Waals surface area contributed by atoms with Crippen molar-refractivity contribution in [3.8, 4) is 0 Å². The van der Waals surface area contributed by atoms with Crippen molar-refractivity contribution >= 4 is 17.3 Å². The van der Waals surface area contributed by atoms with Gasteiger partial charge in [-0.1, -0.05) is 0 Å². The number of hydrogen-bond donors (Lipinski definition) is 2. The van der Waals surface area contributed by atoms with Gasteiger partial charge in [-0.05, 0) is 20.2 Å². The number of nitro benzene ring substituents is 1. The maximum Gasteiger partial charge on any atom is 0.285 e. The van der Waals surface area contributed by atoms with Crippen LogP contribution in [0.5, 0.6) is 0 Å². The van der Waals surface area contributed by atoms with Gasteiger partial charge in [-0.25, -0.2) is 4.39 Å². The van der Waals surface area contributed by atoms with E-state index in [1.807, 2.05) is 19.0 Å². The molecule has 0 heterocycles. The maximum atomic E-state index is 13.2. The fourth-order valence-corrected chi connectivity index (χ4v) is 1.40. The highest BCUT2D eigenvalue weighted by Crippen LogP contribution is 2.24. The summed E-state index contributed by atoms with van der Waals surface area (Å²) in [6, 6.07) is 1.62. The number of benzene rings is 1. The van der Waals surface area contributed by atoms with Crippen LogP contribution in [0, 0.1) is 15.9 Å². The van der Waals surface area contributed by atoms with Gasteiger partial charge < -0.3 is 16.0 Å². The third kappa shape index (κ3) is 3.88. The van der Waals surface area contributed by atoms with Crippen molar-refractivity contribution in [1.82, 2.24) is 10.2 Å². The minimum Gasteiger partial charge on any atom is -0.396 e. The van der Waals surface area contributed by atoms with Crippen LogP contribution in [-0.4, -0.2) is 42.9 Å². The van der Waals surface area contributed by atoms with Crippen LogP contribution in [0.25, 0.3) is 0 Å². The van der Waals surface area contributed by atoms with Crippen LogP contribution in [0.3, 0.4) is 0 Å². The minimum atomic E-state index is -0.920. The fourth-order valence-electron chi connectivity index (χ4n) is 1.40. The molecule has 0 aromatic heterocycles. The molecule has 0 radical (unpaired) electrons. The second-order valence-corrected chi connectivity index (χ2v) is 4.21. The first kappa shape index (κ1) is 14.8. The fraction of sp³-hybridized carbons (Fsp3) is 0.364. The average Bonchev–Trinajstić information content (AvgIpc) is 2.31. The Morgan fingerprint density at radius 3 is 2.68 bits per heavy atom. The molecule has 0 saturated heterocycles. The Morgan fingerprint density at radius 1 is 1.53 bits per heavy atom. The summed E-state index contributed by atoms with van der Waals surface area (Å²) in [5, 5.41) is 13.3. The molecule has 8 heteroatoms. The van der Waals surface area contributed by atoms with Gasteiger partial charge in [0.05, 0.1) is 16.7 Å². The van der Waals surface area contributed by atoms with Crippen molar-refractivity contribution < 1.29 is 14.1 Å². The Morgan fingerprint density at radius 2 is 2.16 bits per heavy atom. The summed E-state index contributed by atoms with van der Waals surface area (Å²) < 4.78 is 13.2. The number of carbonyl (C=O) groups excluding carboxylic acids is 1. The van der Waals surface area contributed by atoms with Gasteiger partial charge in [-0.15, -0.1) is 0 Å². The number of nitrogens with one attached hydrogen (secondary N) is 1. The van der Waals surface area contributed by atoms with Crippen LogP contribution in [0.2, 0.25) is 0 Å². The van der Waals surface area contributed by atoms with Crippen LogP contribution >= 0.6 is 0 Å². The monoisotopic (exact) mass is 270 g/mol. The van der Waals surface area contributed by atoms with Crippen molar-refractivity contribution in [2.24, 2.45) is 0 Å². The molecule has 1 aromatic carbocycles. The number of anilines is 1. The molecule has 0 fully saturated rings. The standard InChI is InChI=1S/C11H15FN4O3/c1-15(2)4-3-14-11(17)7-5-9(13)8(12)6-10(7)16(18)19/h5-6H,3-4,13H2,1-2H3,(H,14,17). The molecule has 19 heavy (non-hydrogen) atoms. The summed E-state index contributed by atoms with van der Waals surface area (Å²) in [7, 11) is 3.65. The smallest absolute Gasteiger partial charge is 0.285 e. The maximum absolute atomic E-state index is 13.2. The number of nitro groups is 1. The molecule has 0 aliphatic rings. The van der Waals surface area contributed by atoms with Crippen LogP contribution in [-0.2, 0) is 0 Å². The highest BCUT2D eigenvalue weighted by atomic mass is 19.1. The number of amides is 1. The molecule has 0 spiro atoms. The molecule has 0 aliphatic carbocycles. The highest BCUT2D eigenvalue weighted by molar-refractivity contribution is 5.99. The van der Waals surface area contributed by atoms with Gasteiger partial charge in [0.2, 0.25) is 0 Å². The largest absolute Gasteiger partial charge is 0.396 e. The summed E-state index contributed by atoms with van der Waals surface area (Å²) in [6.45, 7) is 0.899. The van der Waals surface area contributed by atoms with Gasteiger partial charge >= 0.3 is 0 Å². The summed E-state index contributed by atoms with van der Waals surface area (Å²) in [5.74, 6) is -1.57. The van der Waals surface area contributed by atoms with Gasteiger partial charge in [0.15, 0.2) is 5.82 Å². The number of hydrogen-bond acceptors (Lipinski definition) is 5. The zero-order valence-electron chi connectivity index (χ0n) is 10.6. The molecule has 0 aliphatic heterocycles. The topological polar surface area (TPSA) is 102 Å². The van der Waals surface area contributed by atoms with E-state index >= 15 is 0 Å². The molecule has 3 N–H and O–H groups in total. The number of rotatable bonds is 5. The van der Waals surface area contributed by atoms with Crippen molar-refractivity contribution in [2.75, 3.05) is 32.9 Å². The predicted molar refractivity (Wildman–Crippen MR) is 68.4 cm³/mol. The van der Waals surface area contributed by atoms with Crippen LogP contribution in [0.4, 0.5) is 15.8 Å². The molecule has 0 bridgehead atoms. The van der Waals surface area contributed by atoms with E-state index in [9.17, 15) is 19.3 Å². The Hall–Kier alpha value is -2.22. The summed E-state index contributed by atoms with van der Waals surface area (Å²) in [6.07, 6.45) is 0. The number of halogens is 1. The molecule has 0 unspecified atom stereocenters. The third-order valence-electron chi connectivity index (χ3n) is 2.40. The van der Waals surface area contributed by atoms with Crippen LogP contribution in [0.15, 0.2) is 12.1 Å². The van der Waals surface area contributed by atoms with E-state index < -0.39 is 22.3 Å². The lowest BCUT2D eigenvalue weighted by Crippen LogP contribution is -2.31. The van der Waals surface area contributed by atoms with Gasteiger partial charge in [0.1, 0.15) is 5.56 Å². The quantitative estimate of drug-likeness (QED) is 0.463. The van der Waals surface area contributed by atoms with Gasteiger partial charge in [0.25, 0.3) is 11.6 Å². The zero-order valence-corrected chi connectivity index (χ0v) is 10.6. The lowest BCUT2D eigenvalue weighted by molar-refractivity contribution is -0.385. The van der Waals surface area contributed by atoms with Crippen molar-refractivity contribution in [3.63, 3.8) is 0 Å².